The van der Waals surface area contributed by atoms with Crippen LogP contribution in [0.1, 0.15) is 32.1 Å². The molecule has 2 aliphatic rings. The van der Waals surface area contributed by atoms with E-state index in [-0.39, 0.29) is 30.3 Å². The summed E-state index contributed by atoms with van der Waals surface area (Å²) in [6.07, 6.45) is 3.17. The van der Waals surface area contributed by atoms with Crippen LogP contribution in [-0.2, 0) is 16.6 Å². The first kappa shape index (κ1) is 17.8. The van der Waals surface area contributed by atoms with E-state index in [4.69, 9.17) is 0 Å². The number of amides is 2. The molecule has 1 aromatic heterocycles. The highest BCUT2D eigenvalue weighted by molar-refractivity contribution is 6.11. The molecule has 0 unspecified atom stereocenters. The van der Waals surface area contributed by atoms with Gasteiger partial charge >= 0.3 is 5.69 Å². The average molecular weight is 371 g/mol. The second kappa shape index (κ2) is 6.84. The van der Waals surface area contributed by atoms with Crippen molar-refractivity contribution in [2.75, 3.05) is 30.0 Å². The monoisotopic (exact) mass is 371 g/mol. The van der Waals surface area contributed by atoms with Gasteiger partial charge in [-0.25, -0.2) is 4.79 Å². The Morgan fingerprint density at radius 3 is 2.33 bits per heavy atom. The number of rotatable bonds is 3. The standard InChI is InChI=1S/C19H25N5O3/c1-20-13-9-11-22(12-10-13)14-5-3-6-15-18(14)21(2)19(27)23(15)24-16(25)7-4-8-17(24)26/h3,5-6,13,20H,4,7-12H2,1-2H3. The number of imide groups is 1. The first-order valence-corrected chi connectivity index (χ1v) is 9.51. The van der Waals surface area contributed by atoms with Crippen LogP contribution in [0.15, 0.2) is 23.0 Å². The molecule has 2 amide bonds. The molecule has 3 heterocycles. The van der Waals surface area contributed by atoms with Gasteiger partial charge in [-0.3, -0.25) is 14.2 Å². The maximum atomic E-state index is 13.0. The molecule has 0 atom stereocenters. The van der Waals surface area contributed by atoms with Gasteiger partial charge in [0.2, 0.25) is 11.8 Å². The number of nitrogens with zero attached hydrogens (tertiary/aromatic N) is 4. The molecule has 0 spiro atoms. The average Bonchev–Trinajstić information content (AvgIpc) is 2.93. The molecule has 0 bridgehead atoms. The Bertz CT molecular complexity index is 936. The molecule has 1 aromatic carbocycles. The number of carbonyl (C=O) groups is 2. The summed E-state index contributed by atoms with van der Waals surface area (Å²) in [6, 6.07) is 6.20. The lowest BCUT2D eigenvalue weighted by Gasteiger charge is -2.34. The maximum absolute atomic E-state index is 13.0. The molecule has 27 heavy (non-hydrogen) atoms. The number of benzene rings is 1. The van der Waals surface area contributed by atoms with Crippen LogP contribution < -0.4 is 20.9 Å². The minimum absolute atomic E-state index is 0.284. The summed E-state index contributed by atoms with van der Waals surface area (Å²) in [6.45, 7) is 1.79. The molecule has 1 N–H and O–H groups in total. The number of aromatic nitrogens is 2. The molecule has 2 saturated heterocycles. The lowest BCUT2D eigenvalue weighted by molar-refractivity contribution is -0.131. The number of imidazole rings is 1. The zero-order valence-electron chi connectivity index (χ0n) is 15.8. The van der Waals surface area contributed by atoms with E-state index in [2.05, 4.69) is 10.2 Å². The van der Waals surface area contributed by atoms with Gasteiger partial charge in [0.1, 0.15) is 0 Å². The molecule has 4 rings (SSSR count). The van der Waals surface area contributed by atoms with E-state index < -0.39 is 0 Å². The van der Waals surface area contributed by atoms with Gasteiger partial charge in [-0.2, -0.15) is 9.69 Å². The van der Waals surface area contributed by atoms with Gasteiger partial charge in [-0.15, -0.1) is 0 Å². The summed E-state index contributed by atoms with van der Waals surface area (Å²) in [5, 5.41) is 4.36. The zero-order chi connectivity index (χ0) is 19.1. The number of hydrogen-bond acceptors (Lipinski definition) is 5. The summed E-state index contributed by atoms with van der Waals surface area (Å²) in [5.74, 6) is -0.637. The Morgan fingerprint density at radius 2 is 1.70 bits per heavy atom. The van der Waals surface area contributed by atoms with E-state index >= 15 is 0 Å². The number of anilines is 1. The summed E-state index contributed by atoms with van der Waals surface area (Å²) in [5.41, 5.74) is 1.96. The molecule has 8 nitrogen and oxygen atoms in total. The van der Waals surface area contributed by atoms with Crippen molar-refractivity contribution in [1.82, 2.24) is 14.6 Å². The maximum Gasteiger partial charge on any atom is 0.348 e. The van der Waals surface area contributed by atoms with Crippen molar-refractivity contribution in [3.63, 3.8) is 0 Å². The number of piperidine rings is 2. The molecule has 0 aliphatic carbocycles. The first-order chi connectivity index (χ1) is 13.0. The van der Waals surface area contributed by atoms with Crippen LogP contribution in [-0.4, -0.2) is 47.2 Å². The van der Waals surface area contributed by atoms with E-state index in [1.807, 2.05) is 19.2 Å². The van der Waals surface area contributed by atoms with Gasteiger partial charge < -0.3 is 10.2 Å². The van der Waals surface area contributed by atoms with Crippen molar-refractivity contribution < 1.29 is 9.59 Å². The quantitative estimate of drug-likeness (QED) is 0.804. The summed E-state index contributed by atoms with van der Waals surface area (Å²) in [7, 11) is 3.68. The third kappa shape index (κ3) is 2.84. The summed E-state index contributed by atoms with van der Waals surface area (Å²) >= 11 is 0. The lowest BCUT2D eigenvalue weighted by Crippen LogP contribution is -2.52. The molecule has 2 aliphatic heterocycles. The van der Waals surface area contributed by atoms with Crippen molar-refractivity contribution in [3.8, 4) is 0 Å². The van der Waals surface area contributed by atoms with Crippen molar-refractivity contribution in [3.05, 3.63) is 28.7 Å². The van der Waals surface area contributed by atoms with Crippen LogP contribution >= 0.6 is 0 Å². The minimum atomic E-state index is -0.369. The van der Waals surface area contributed by atoms with Crippen LogP contribution in [0.25, 0.3) is 11.0 Å². The second-order valence-electron chi connectivity index (χ2n) is 7.30. The Hall–Kier alpha value is -2.61. The van der Waals surface area contributed by atoms with Crippen molar-refractivity contribution in [1.29, 1.82) is 0 Å². The normalized spacial score (nSPS) is 19.3. The topological polar surface area (TPSA) is 79.6 Å². The SMILES string of the molecule is CNC1CCN(c2cccc3c2n(C)c(=O)n3N2C(=O)CCCC2=O)CC1. The van der Waals surface area contributed by atoms with Gasteiger partial charge in [0.15, 0.2) is 0 Å². The molecule has 2 aromatic rings. The van der Waals surface area contributed by atoms with E-state index in [9.17, 15) is 14.4 Å². The molecule has 0 saturated carbocycles. The Kier molecular flexibility index (Phi) is 4.51. The highest BCUT2D eigenvalue weighted by atomic mass is 16.2. The fraction of sp³-hybridized carbons (Fsp3) is 0.526. The van der Waals surface area contributed by atoms with Gasteiger partial charge in [0.25, 0.3) is 0 Å². The zero-order valence-corrected chi connectivity index (χ0v) is 15.8. The molecule has 144 valence electrons. The van der Waals surface area contributed by atoms with Crippen molar-refractivity contribution in [2.45, 2.75) is 38.1 Å². The van der Waals surface area contributed by atoms with Crippen LogP contribution in [0.2, 0.25) is 0 Å². The fourth-order valence-corrected chi connectivity index (χ4v) is 4.20. The smallest absolute Gasteiger partial charge is 0.348 e. The van der Waals surface area contributed by atoms with Crippen LogP contribution in [0.3, 0.4) is 0 Å². The lowest BCUT2D eigenvalue weighted by atomic mass is 10.0. The van der Waals surface area contributed by atoms with Crippen molar-refractivity contribution >= 4 is 28.5 Å². The minimum Gasteiger partial charge on any atom is -0.370 e. The molecule has 2 fully saturated rings. The molecular weight excluding hydrogens is 346 g/mol. The Balaban J connectivity index is 1.82. The van der Waals surface area contributed by atoms with Gasteiger partial charge in [-0.05, 0) is 38.4 Å². The highest BCUT2D eigenvalue weighted by Crippen LogP contribution is 2.29. The Labute approximate surface area is 157 Å². The third-order valence-corrected chi connectivity index (χ3v) is 5.72. The van der Waals surface area contributed by atoms with Gasteiger partial charge in [-0.1, -0.05) is 6.07 Å². The van der Waals surface area contributed by atoms with Gasteiger partial charge in [0, 0.05) is 39.0 Å². The molecule has 0 radical (unpaired) electrons. The van der Waals surface area contributed by atoms with Crippen LogP contribution in [0.4, 0.5) is 5.69 Å². The van der Waals surface area contributed by atoms with Gasteiger partial charge in [0.05, 0.1) is 16.7 Å². The largest absolute Gasteiger partial charge is 0.370 e. The third-order valence-electron chi connectivity index (χ3n) is 5.72. The number of fused-ring (bicyclic) bond motifs is 1. The van der Waals surface area contributed by atoms with Crippen molar-refractivity contribution in [2.24, 2.45) is 7.05 Å². The second-order valence-corrected chi connectivity index (χ2v) is 7.30. The number of hydrogen-bond donors (Lipinski definition) is 1. The predicted molar refractivity (Wildman–Crippen MR) is 104 cm³/mol. The van der Waals surface area contributed by atoms with E-state index in [0.717, 1.165) is 42.1 Å². The summed E-state index contributed by atoms with van der Waals surface area (Å²) < 4.78 is 2.80. The molecule has 8 heteroatoms. The Morgan fingerprint density at radius 1 is 1.04 bits per heavy atom. The predicted octanol–water partition coefficient (Wildman–Crippen LogP) is 0.703. The van der Waals surface area contributed by atoms with E-state index in [1.165, 1.54) is 4.68 Å². The first-order valence-electron chi connectivity index (χ1n) is 9.51. The van der Waals surface area contributed by atoms with Crippen LogP contribution in [0, 0.1) is 0 Å². The fourth-order valence-electron chi connectivity index (χ4n) is 4.20. The van der Waals surface area contributed by atoms with Crippen LogP contribution in [0.5, 0.6) is 0 Å². The highest BCUT2D eigenvalue weighted by Gasteiger charge is 2.32. The molecular formula is C19H25N5O3. The number of para-hydroxylation sites is 1. The number of nitrogens with one attached hydrogen (secondary N) is 1. The van der Waals surface area contributed by atoms with E-state index in [0.29, 0.717) is 18.0 Å². The summed E-state index contributed by atoms with van der Waals surface area (Å²) in [4.78, 5) is 40.0. The number of carbonyl (C=O) groups excluding carboxylic acids is 2. The van der Waals surface area contributed by atoms with E-state index in [1.54, 1.807) is 17.7 Å². The number of aryl methyl sites for hydroxylation is 1.